The van der Waals surface area contributed by atoms with Crippen LogP contribution in [-0.4, -0.2) is 51.7 Å². The van der Waals surface area contributed by atoms with Gasteiger partial charge in [-0.1, -0.05) is 25.3 Å². The Bertz CT molecular complexity index is 1240. The normalized spacial score (nSPS) is 25.3. The van der Waals surface area contributed by atoms with Crippen molar-refractivity contribution < 1.29 is 8.78 Å². The summed E-state index contributed by atoms with van der Waals surface area (Å²) in [6, 6.07) is 4.13. The summed E-state index contributed by atoms with van der Waals surface area (Å²) in [6.45, 7) is 2.97. The second-order valence-electron chi connectivity index (χ2n) is 9.63. The first-order valence-corrected chi connectivity index (χ1v) is 12.2. The molecule has 6 rings (SSSR count). The number of halogens is 2. The van der Waals surface area contributed by atoms with Crippen molar-refractivity contribution >= 4 is 28.7 Å². The second-order valence-corrected chi connectivity index (χ2v) is 9.63. The highest BCUT2D eigenvalue weighted by atomic mass is 19.1. The fourth-order valence-corrected chi connectivity index (χ4v) is 5.28. The van der Waals surface area contributed by atoms with E-state index in [0.29, 0.717) is 48.3 Å². The molecule has 1 saturated heterocycles. The molecule has 2 atom stereocenters. The molecular weight excluding hydrogens is 436 g/mol. The molecule has 2 aromatic rings. The Labute approximate surface area is 197 Å². The van der Waals surface area contributed by atoms with E-state index in [9.17, 15) is 8.78 Å². The van der Waals surface area contributed by atoms with Crippen molar-refractivity contribution in [3.63, 3.8) is 0 Å². The number of rotatable bonds is 4. The first-order chi connectivity index (χ1) is 16.5. The Hall–Kier alpha value is -3.23. The molecule has 2 aliphatic heterocycles. The molecule has 4 aliphatic rings. The molecule has 34 heavy (non-hydrogen) atoms. The highest BCUT2D eigenvalue weighted by Crippen LogP contribution is 2.30. The summed E-state index contributed by atoms with van der Waals surface area (Å²) < 4.78 is 29.6. The Morgan fingerprint density at radius 2 is 2.00 bits per heavy atom. The molecule has 0 amide bonds. The number of fused-ring (bicyclic) bond motifs is 2. The zero-order valence-electron chi connectivity index (χ0n) is 19.3. The van der Waals surface area contributed by atoms with Crippen molar-refractivity contribution in [1.29, 1.82) is 0 Å². The molecule has 0 spiro atoms. The third-order valence-corrected chi connectivity index (χ3v) is 7.09. The van der Waals surface area contributed by atoms with E-state index in [1.54, 1.807) is 6.08 Å². The lowest BCUT2D eigenvalue weighted by atomic mass is 9.95. The average molecular weight is 466 g/mol. The van der Waals surface area contributed by atoms with E-state index in [1.807, 2.05) is 28.5 Å². The Kier molecular flexibility index (Phi) is 5.34. The highest BCUT2D eigenvalue weighted by molar-refractivity contribution is 6.06. The minimum absolute atomic E-state index is 0.141. The smallest absolute Gasteiger partial charge is 0.160 e. The quantitative estimate of drug-likeness (QED) is 0.694. The Balaban J connectivity index is 1.41. The number of alkyl halides is 1. The summed E-state index contributed by atoms with van der Waals surface area (Å²) in [7, 11) is 0. The summed E-state index contributed by atoms with van der Waals surface area (Å²) in [4.78, 5) is 11.6. The first kappa shape index (κ1) is 21.3. The standard InChI is InChI=1S/C25H29F2N7/c1-15-25(30-20-11-16(26)7-8-19(20)28-15)21-12-23-31-22(33-10-9-17(27)14-33)13-24(34(23)32-21)29-18-5-3-2-4-6-18/h7-8,11-13,17-19,28-29H,2-6,9-10,14H2,1H3. The number of nitrogens with zero attached hydrogens (tertiary/aromatic N) is 5. The molecule has 2 aromatic heterocycles. The van der Waals surface area contributed by atoms with Crippen molar-refractivity contribution in [1.82, 2.24) is 19.9 Å². The minimum atomic E-state index is -0.823. The number of aromatic nitrogens is 3. The predicted octanol–water partition coefficient (Wildman–Crippen LogP) is 4.55. The van der Waals surface area contributed by atoms with Crippen molar-refractivity contribution in [2.75, 3.05) is 23.3 Å². The fourth-order valence-electron chi connectivity index (χ4n) is 5.28. The van der Waals surface area contributed by atoms with Crippen molar-refractivity contribution in [3.8, 4) is 0 Å². The molecule has 0 bridgehead atoms. The molecule has 2 aliphatic carbocycles. The number of hydrogen-bond donors (Lipinski definition) is 2. The number of nitrogens with one attached hydrogen (secondary N) is 2. The maximum Gasteiger partial charge on any atom is 0.160 e. The van der Waals surface area contributed by atoms with Gasteiger partial charge in [0.1, 0.15) is 35.0 Å². The van der Waals surface area contributed by atoms with Crippen LogP contribution < -0.4 is 15.5 Å². The summed E-state index contributed by atoms with van der Waals surface area (Å²) in [5, 5.41) is 11.9. The first-order valence-electron chi connectivity index (χ1n) is 12.2. The van der Waals surface area contributed by atoms with Crippen LogP contribution in [0.25, 0.3) is 11.3 Å². The van der Waals surface area contributed by atoms with Gasteiger partial charge in [0.15, 0.2) is 5.65 Å². The topological polar surface area (TPSA) is 69.9 Å². The zero-order chi connectivity index (χ0) is 23.2. The molecule has 1 saturated carbocycles. The van der Waals surface area contributed by atoms with Gasteiger partial charge in [-0.25, -0.2) is 18.8 Å². The molecular formula is C25H29F2N7. The van der Waals surface area contributed by atoms with Crippen LogP contribution in [0.15, 0.2) is 46.9 Å². The third kappa shape index (κ3) is 3.97. The largest absolute Gasteiger partial charge is 0.375 e. The van der Waals surface area contributed by atoms with Crippen LogP contribution in [-0.2, 0) is 0 Å². The van der Waals surface area contributed by atoms with E-state index in [1.165, 1.54) is 31.4 Å². The van der Waals surface area contributed by atoms with Crippen LogP contribution in [0.2, 0.25) is 0 Å². The van der Waals surface area contributed by atoms with Gasteiger partial charge < -0.3 is 15.5 Å². The van der Waals surface area contributed by atoms with E-state index in [-0.39, 0.29) is 11.9 Å². The summed E-state index contributed by atoms with van der Waals surface area (Å²) in [5.74, 6) is 1.31. The van der Waals surface area contributed by atoms with Crippen LogP contribution in [0, 0.1) is 0 Å². The van der Waals surface area contributed by atoms with Gasteiger partial charge in [-0.2, -0.15) is 9.61 Å². The van der Waals surface area contributed by atoms with Gasteiger partial charge in [-0.3, -0.25) is 0 Å². The monoisotopic (exact) mass is 465 g/mol. The lowest BCUT2D eigenvalue weighted by Crippen LogP contribution is -2.37. The molecule has 178 valence electrons. The van der Waals surface area contributed by atoms with Crippen LogP contribution >= 0.6 is 0 Å². The number of allylic oxidation sites excluding steroid dienone is 3. The SMILES string of the molecule is CC1=C(c2cc3nc(N4CCC(F)C4)cc(NC4CCCCC4)n3n2)N=C2C=C(F)C=CC2N1. The molecule has 4 heterocycles. The van der Waals surface area contributed by atoms with Gasteiger partial charge in [0.25, 0.3) is 0 Å². The highest BCUT2D eigenvalue weighted by Gasteiger charge is 2.27. The second kappa shape index (κ2) is 8.52. The number of anilines is 2. The van der Waals surface area contributed by atoms with Crippen molar-refractivity contribution in [2.24, 2.45) is 4.99 Å². The van der Waals surface area contributed by atoms with Crippen LogP contribution in [0.4, 0.5) is 20.4 Å². The predicted molar refractivity (Wildman–Crippen MR) is 130 cm³/mol. The zero-order valence-corrected chi connectivity index (χ0v) is 19.3. The summed E-state index contributed by atoms with van der Waals surface area (Å²) in [6.07, 6.45) is 10.3. The van der Waals surface area contributed by atoms with E-state index in [4.69, 9.17) is 15.1 Å². The third-order valence-electron chi connectivity index (χ3n) is 7.09. The van der Waals surface area contributed by atoms with Gasteiger partial charge in [0, 0.05) is 30.4 Å². The number of aliphatic imine (C=N–C) groups is 1. The lowest BCUT2D eigenvalue weighted by Gasteiger charge is -2.25. The van der Waals surface area contributed by atoms with Crippen LogP contribution in [0.3, 0.4) is 0 Å². The molecule has 2 unspecified atom stereocenters. The van der Waals surface area contributed by atoms with E-state index < -0.39 is 6.17 Å². The molecule has 0 radical (unpaired) electrons. The molecule has 9 heteroatoms. The van der Waals surface area contributed by atoms with Gasteiger partial charge in [0.2, 0.25) is 0 Å². The lowest BCUT2D eigenvalue weighted by molar-refractivity contribution is 0.364. The van der Waals surface area contributed by atoms with E-state index in [0.717, 1.165) is 30.2 Å². The molecule has 2 fully saturated rings. The van der Waals surface area contributed by atoms with Crippen molar-refractivity contribution in [2.45, 2.75) is 63.7 Å². The van der Waals surface area contributed by atoms with Gasteiger partial charge in [-0.05, 0) is 38.3 Å². The molecule has 7 nitrogen and oxygen atoms in total. The van der Waals surface area contributed by atoms with Gasteiger partial charge >= 0.3 is 0 Å². The number of hydrogen-bond acceptors (Lipinski definition) is 6. The average Bonchev–Trinajstić information content (AvgIpc) is 3.46. The maximum absolute atomic E-state index is 13.9. The Morgan fingerprint density at radius 1 is 1.15 bits per heavy atom. The van der Waals surface area contributed by atoms with Crippen molar-refractivity contribution in [3.05, 3.63) is 47.6 Å². The Morgan fingerprint density at radius 3 is 2.79 bits per heavy atom. The maximum atomic E-state index is 13.9. The van der Waals surface area contributed by atoms with E-state index in [2.05, 4.69) is 10.6 Å². The molecule has 2 N–H and O–H groups in total. The van der Waals surface area contributed by atoms with Gasteiger partial charge in [0.05, 0.1) is 18.3 Å². The van der Waals surface area contributed by atoms with Crippen LogP contribution in [0.5, 0.6) is 0 Å². The molecule has 0 aromatic carbocycles. The minimum Gasteiger partial charge on any atom is -0.375 e. The summed E-state index contributed by atoms with van der Waals surface area (Å²) >= 11 is 0. The summed E-state index contributed by atoms with van der Waals surface area (Å²) in [5.41, 5.74) is 3.52. The van der Waals surface area contributed by atoms with Gasteiger partial charge in [-0.15, -0.1) is 0 Å². The van der Waals surface area contributed by atoms with Crippen LogP contribution in [0.1, 0.15) is 51.1 Å². The fraction of sp³-hybridized carbons (Fsp3) is 0.480. The van der Waals surface area contributed by atoms with E-state index >= 15 is 0 Å².